The largest absolute Gasteiger partial charge is 0.373 e. The maximum absolute atomic E-state index is 13.4. The van der Waals surface area contributed by atoms with Crippen molar-refractivity contribution in [3.63, 3.8) is 0 Å². The Morgan fingerprint density at radius 2 is 1.94 bits per heavy atom. The van der Waals surface area contributed by atoms with Crippen LogP contribution in [0.15, 0.2) is 12.1 Å². The molecule has 0 bridgehead atoms. The third-order valence-corrected chi connectivity index (χ3v) is 4.00. The van der Waals surface area contributed by atoms with Crippen LogP contribution in [0.1, 0.15) is 42.5 Å². The average Bonchev–Trinajstić information content (AvgIpc) is 2.71. The monoisotopic (exact) mass is 251 g/mol. The summed E-state index contributed by atoms with van der Waals surface area (Å²) in [4.78, 5) is 0. The fourth-order valence-corrected chi connectivity index (χ4v) is 3.16. The van der Waals surface area contributed by atoms with Gasteiger partial charge in [-0.2, -0.15) is 0 Å². The molecule has 2 rings (SSSR count). The average molecular weight is 251 g/mol. The Kier molecular flexibility index (Phi) is 3.74. The zero-order chi connectivity index (χ0) is 13.3. The van der Waals surface area contributed by atoms with Crippen LogP contribution in [0.4, 0.5) is 4.39 Å². The van der Waals surface area contributed by atoms with E-state index in [2.05, 4.69) is 12.2 Å². The molecule has 2 atom stereocenters. The van der Waals surface area contributed by atoms with Crippen molar-refractivity contribution >= 4 is 0 Å². The van der Waals surface area contributed by atoms with Gasteiger partial charge in [0.1, 0.15) is 5.82 Å². The van der Waals surface area contributed by atoms with Crippen molar-refractivity contribution in [2.75, 3.05) is 13.7 Å². The van der Waals surface area contributed by atoms with Crippen LogP contribution < -0.4 is 5.32 Å². The second-order valence-corrected chi connectivity index (χ2v) is 5.44. The lowest BCUT2D eigenvalue weighted by Crippen LogP contribution is -2.40. The third kappa shape index (κ3) is 2.29. The predicted octanol–water partition coefficient (Wildman–Crippen LogP) is 3.27. The van der Waals surface area contributed by atoms with Gasteiger partial charge in [-0.3, -0.25) is 0 Å². The van der Waals surface area contributed by atoms with E-state index in [9.17, 15) is 4.39 Å². The van der Waals surface area contributed by atoms with E-state index >= 15 is 0 Å². The van der Waals surface area contributed by atoms with Crippen LogP contribution in [0.5, 0.6) is 0 Å². The molecule has 2 nitrogen and oxygen atoms in total. The molecule has 0 aromatic heterocycles. The molecule has 0 amide bonds. The van der Waals surface area contributed by atoms with Gasteiger partial charge in [0.05, 0.1) is 11.6 Å². The molecule has 100 valence electrons. The van der Waals surface area contributed by atoms with Gasteiger partial charge in [-0.25, -0.2) is 4.39 Å². The lowest BCUT2D eigenvalue weighted by molar-refractivity contribution is -0.0108. The minimum absolute atomic E-state index is 0.112. The second kappa shape index (κ2) is 4.98. The smallest absolute Gasteiger partial charge is 0.123 e. The first-order valence-corrected chi connectivity index (χ1v) is 6.56. The van der Waals surface area contributed by atoms with Gasteiger partial charge in [0.25, 0.3) is 0 Å². The van der Waals surface area contributed by atoms with Crippen molar-refractivity contribution in [3.05, 3.63) is 34.6 Å². The van der Waals surface area contributed by atoms with E-state index in [0.29, 0.717) is 0 Å². The van der Waals surface area contributed by atoms with E-state index in [1.807, 2.05) is 20.9 Å². The van der Waals surface area contributed by atoms with Crippen molar-refractivity contribution in [3.8, 4) is 0 Å². The van der Waals surface area contributed by atoms with Gasteiger partial charge in [-0.1, -0.05) is 0 Å². The number of benzene rings is 1. The summed E-state index contributed by atoms with van der Waals surface area (Å²) in [6.07, 6.45) is 2.13. The molecular formula is C15H22FNO. The Labute approximate surface area is 109 Å². The molecule has 1 aromatic rings. The minimum atomic E-state index is -0.192. The van der Waals surface area contributed by atoms with E-state index in [0.717, 1.165) is 30.6 Å². The quantitative estimate of drug-likeness (QED) is 0.890. The van der Waals surface area contributed by atoms with E-state index in [4.69, 9.17) is 4.74 Å². The summed E-state index contributed by atoms with van der Waals surface area (Å²) in [5, 5.41) is 3.35. The Morgan fingerprint density at radius 3 is 2.39 bits per heavy atom. The molecular weight excluding hydrogens is 229 g/mol. The molecule has 3 heteroatoms. The summed E-state index contributed by atoms with van der Waals surface area (Å²) in [7, 11) is 1.94. The number of aryl methyl sites for hydroxylation is 2. The molecule has 1 aliphatic heterocycles. The molecule has 18 heavy (non-hydrogen) atoms. The van der Waals surface area contributed by atoms with Crippen molar-refractivity contribution in [1.29, 1.82) is 0 Å². The van der Waals surface area contributed by atoms with Crippen molar-refractivity contribution in [2.24, 2.45) is 0 Å². The number of halogens is 1. The lowest BCUT2D eigenvalue weighted by atomic mass is 9.83. The first-order valence-electron chi connectivity index (χ1n) is 6.56. The Hall–Kier alpha value is -0.930. The van der Waals surface area contributed by atoms with Crippen LogP contribution in [0, 0.1) is 19.7 Å². The van der Waals surface area contributed by atoms with Gasteiger partial charge in [-0.15, -0.1) is 0 Å². The van der Waals surface area contributed by atoms with Gasteiger partial charge in [0, 0.05) is 6.61 Å². The van der Waals surface area contributed by atoms with Gasteiger partial charge >= 0.3 is 0 Å². The van der Waals surface area contributed by atoms with Crippen molar-refractivity contribution in [1.82, 2.24) is 5.32 Å². The highest BCUT2D eigenvalue weighted by Gasteiger charge is 2.39. The summed E-state index contributed by atoms with van der Waals surface area (Å²) in [5.41, 5.74) is 2.96. The Balaban J connectivity index is 2.45. The highest BCUT2D eigenvalue weighted by atomic mass is 19.1. The molecule has 0 radical (unpaired) electrons. The van der Waals surface area contributed by atoms with Crippen molar-refractivity contribution in [2.45, 2.75) is 45.3 Å². The molecule has 0 spiro atoms. The molecule has 1 aromatic carbocycles. The zero-order valence-corrected chi connectivity index (χ0v) is 11.6. The summed E-state index contributed by atoms with van der Waals surface area (Å²) >= 11 is 0. The second-order valence-electron chi connectivity index (χ2n) is 5.44. The maximum atomic E-state index is 13.4. The maximum Gasteiger partial charge on any atom is 0.123 e. The highest BCUT2D eigenvalue weighted by Crippen LogP contribution is 2.39. The number of rotatable bonds is 3. The zero-order valence-electron chi connectivity index (χ0n) is 11.6. The van der Waals surface area contributed by atoms with Gasteiger partial charge in [0.2, 0.25) is 0 Å². The molecule has 1 N–H and O–H groups in total. The molecule has 2 unspecified atom stereocenters. The van der Waals surface area contributed by atoms with E-state index in [-0.39, 0.29) is 17.5 Å². The standard InChI is InChI=1S/C15H22FNO/c1-10-8-12(16)9-11(2)13(10)14(17-4)15(3)6-5-7-18-15/h8-9,14,17H,5-7H2,1-4H3. The van der Waals surface area contributed by atoms with Crippen LogP contribution in [-0.4, -0.2) is 19.3 Å². The summed E-state index contributed by atoms with van der Waals surface area (Å²) < 4.78 is 19.3. The fraction of sp³-hybridized carbons (Fsp3) is 0.600. The topological polar surface area (TPSA) is 21.3 Å². The number of hydrogen-bond donors (Lipinski definition) is 1. The lowest BCUT2D eigenvalue weighted by Gasteiger charge is -2.35. The van der Waals surface area contributed by atoms with Crippen molar-refractivity contribution < 1.29 is 9.13 Å². The Bertz CT molecular complexity index is 415. The number of likely N-dealkylation sites (N-methyl/N-ethyl adjacent to an activating group) is 1. The number of nitrogens with one attached hydrogen (secondary N) is 1. The number of hydrogen-bond acceptors (Lipinski definition) is 2. The molecule has 1 saturated heterocycles. The first kappa shape index (κ1) is 13.5. The summed E-state index contributed by atoms with van der Waals surface area (Å²) in [6.45, 7) is 6.89. The molecule has 1 fully saturated rings. The SMILES string of the molecule is CNC(c1c(C)cc(F)cc1C)C1(C)CCCO1. The van der Waals surface area contributed by atoms with E-state index < -0.39 is 0 Å². The van der Waals surface area contributed by atoms with Crippen LogP contribution in [0.25, 0.3) is 0 Å². The van der Waals surface area contributed by atoms with Gasteiger partial charge in [-0.05, 0) is 69.5 Å². The van der Waals surface area contributed by atoms with Crippen LogP contribution in [-0.2, 0) is 4.74 Å². The van der Waals surface area contributed by atoms with Crippen LogP contribution in [0.3, 0.4) is 0 Å². The van der Waals surface area contributed by atoms with E-state index in [1.54, 1.807) is 12.1 Å². The minimum Gasteiger partial charge on any atom is -0.373 e. The molecule has 1 aliphatic rings. The normalized spacial score (nSPS) is 25.4. The van der Waals surface area contributed by atoms with Gasteiger partial charge in [0.15, 0.2) is 0 Å². The van der Waals surface area contributed by atoms with E-state index in [1.165, 1.54) is 5.56 Å². The van der Waals surface area contributed by atoms with Crippen LogP contribution in [0.2, 0.25) is 0 Å². The molecule has 1 heterocycles. The summed E-state index contributed by atoms with van der Waals surface area (Å²) in [6, 6.07) is 3.32. The Morgan fingerprint density at radius 1 is 1.33 bits per heavy atom. The van der Waals surface area contributed by atoms with Crippen LogP contribution >= 0.6 is 0 Å². The number of ether oxygens (including phenoxy) is 1. The predicted molar refractivity (Wildman–Crippen MR) is 71.3 cm³/mol. The fourth-order valence-electron chi connectivity index (χ4n) is 3.16. The first-order chi connectivity index (χ1) is 8.48. The molecule has 0 aliphatic carbocycles. The highest BCUT2D eigenvalue weighted by molar-refractivity contribution is 5.38. The molecule has 0 saturated carbocycles. The van der Waals surface area contributed by atoms with Gasteiger partial charge < -0.3 is 10.1 Å². The summed E-state index contributed by atoms with van der Waals surface area (Å²) in [5.74, 6) is -0.166. The third-order valence-electron chi connectivity index (χ3n) is 4.00.